The average Bonchev–Trinajstić information content (AvgIpc) is 2.48. The Morgan fingerprint density at radius 1 is 1.10 bits per heavy atom. The van der Waals surface area contributed by atoms with Gasteiger partial charge < -0.3 is 29.9 Å². The molecule has 3 unspecified atom stereocenters. The van der Waals surface area contributed by atoms with Crippen LogP contribution in [-0.4, -0.2) is 57.1 Å². The minimum Gasteiger partial charge on any atom is -0.479 e. The van der Waals surface area contributed by atoms with Crippen LogP contribution in [0.15, 0.2) is 29.4 Å². The molecule has 0 saturated carbocycles. The number of carbonyl (C=O) groups is 1. The third kappa shape index (κ3) is 3.16. The van der Waals surface area contributed by atoms with Crippen molar-refractivity contribution in [1.29, 1.82) is 0 Å². The highest BCUT2D eigenvalue weighted by Crippen LogP contribution is 2.25. The Morgan fingerprint density at radius 2 is 1.71 bits per heavy atom. The first kappa shape index (κ1) is 15.3. The van der Waals surface area contributed by atoms with Gasteiger partial charge in [0.15, 0.2) is 6.10 Å². The van der Waals surface area contributed by atoms with Crippen LogP contribution in [0.25, 0.3) is 0 Å². The molecule has 5 atom stereocenters. The Labute approximate surface area is 118 Å². The third-order valence-electron chi connectivity index (χ3n) is 3.01. The van der Waals surface area contributed by atoms with Crippen molar-refractivity contribution < 1.29 is 34.7 Å². The largest absolute Gasteiger partial charge is 0.479 e. The number of ether oxygens (including phenoxy) is 2. The summed E-state index contributed by atoms with van der Waals surface area (Å²) in [5, 5.41) is 40.5. The molecule has 0 aromatic heterocycles. The second-order valence-corrected chi connectivity index (χ2v) is 4.44. The van der Waals surface area contributed by atoms with Crippen LogP contribution in [-0.2, 0) is 9.53 Å². The molecule has 9 nitrogen and oxygen atoms in total. The first-order valence-corrected chi connectivity index (χ1v) is 5.96. The third-order valence-corrected chi connectivity index (χ3v) is 3.01. The van der Waals surface area contributed by atoms with Gasteiger partial charge in [-0.1, -0.05) is 0 Å². The molecule has 4 N–H and O–H groups in total. The minimum absolute atomic E-state index is 0.159. The highest BCUT2D eigenvalue weighted by atomic mass is 16.7. The molecule has 114 valence electrons. The van der Waals surface area contributed by atoms with Crippen molar-refractivity contribution in [2.45, 2.75) is 30.7 Å². The maximum Gasteiger partial charge on any atom is 0.335 e. The van der Waals surface area contributed by atoms with Gasteiger partial charge in [-0.25, -0.2) is 4.79 Å². The summed E-state index contributed by atoms with van der Waals surface area (Å²) in [7, 11) is 0. The lowest BCUT2D eigenvalue weighted by Gasteiger charge is -2.38. The molecule has 1 aromatic carbocycles. The van der Waals surface area contributed by atoms with Crippen LogP contribution in [0.1, 0.15) is 0 Å². The van der Waals surface area contributed by atoms with Crippen molar-refractivity contribution in [3.63, 3.8) is 0 Å². The number of carboxylic acid groups (broad SMARTS) is 1. The maximum absolute atomic E-state index is 10.9. The summed E-state index contributed by atoms with van der Waals surface area (Å²) in [6, 6.07) is 5.41. The van der Waals surface area contributed by atoms with Gasteiger partial charge in [0.25, 0.3) is 0 Å². The van der Waals surface area contributed by atoms with Gasteiger partial charge in [-0.15, -0.1) is 4.91 Å². The summed E-state index contributed by atoms with van der Waals surface area (Å²) in [4.78, 5) is 21.2. The fourth-order valence-corrected chi connectivity index (χ4v) is 1.87. The van der Waals surface area contributed by atoms with Gasteiger partial charge in [-0.3, -0.25) is 0 Å². The Morgan fingerprint density at radius 3 is 2.24 bits per heavy atom. The van der Waals surface area contributed by atoms with Crippen LogP contribution in [0.4, 0.5) is 5.69 Å². The van der Waals surface area contributed by atoms with E-state index < -0.39 is 36.7 Å². The van der Waals surface area contributed by atoms with E-state index in [2.05, 4.69) is 5.18 Å². The molecule has 1 saturated heterocycles. The van der Waals surface area contributed by atoms with E-state index in [4.69, 9.17) is 14.6 Å². The lowest BCUT2D eigenvalue weighted by atomic mass is 9.99. The van der Waals surface area contributed by atoms with Gasteiger partial charge in [-0.05, 0) is 29.4 Å². The summed E-state index contributed by atoms with van der Waals surface area (Å²) in [5.41, 5.74) is 0.159. The fraction of sp³-hybridized carbons (Fsp3) is 0.417. The Kier molecular flexibility index (Phi) is 4.48. The van der Waals surface area contributed by atoms with Gasteiger partial charge in [0, 0.05) is 0 Å². The molecule has 1 aliphatic heterocycles. The topological polar surface area (TPSA) is 146 Å². The van der Waals surface area contributed by atoms with Crippen LogP contribution in [0.2, 0.25) is 0 Å². The summed E-state index contributed by atoms with van der Waals surface area (Å²) in [5.74, 6) is -1.33. The van der Waals surface area contributed by atoms with Crippen molar-refractivity contribution in [2.75, 3.05) is 0 Å². The second-order valence-electron chi connectivity index (χ2n) is 4.44. The van der Waals surface area contributed by atoms with E-state index in [1.807, 2.05) is 0 Å². The monoisotopic (exact) mass is 299 g/mol. The zero-order valence-electron chi connectivity index (χ0n) is 10.6. The number of carboxylic acids is 1. The SMILES string of the molecule is O=Nc1ccc(OC2OC(C(=O)O)[C@@H](O)C(O)[C@H]2O)cc1. The number of aliphatic carboxylic acids is 1. The number of nitrogens with zero attached hydrogens (tertiary/aromatic N) is 1. The second kappa shape index (κ2) is 6.14. The number of benzene rings is 1. The standard InChI is InChI=1S/C12H13NO8/c14-7-8(15)10(11(17)18)21-12(9(7)16)20-6-3-1-5(13-19)2-4-6/h1-4,7-10,12,14-16H,(H,17,18)/t7?,8-,9+,10?,12?/m0/s1. The first-order chi connectivity index (χ1) is 9.93. The highest BCUT2D eigenvalue weighted by Gasteiger charge is 2.48. The summed E-state index contributed by atoms with van der Waals surface area (Å²) in [6.07, 6.45) is -8.37. The van der Waals surface area contributed by atoms with E-state index in [1.165, 1.54) is 24.3 Å². The molecule has 0 amide bonds. The highest BCUT2D eigenvalue weighted by molar-refractivity contribution is 5.73. The molecule has 1 aliphatic rings. The van der Waals surface area contributed by atoms with Crippen LogP contribution >= 0.6 is 0 Å². The molecule has 0 aliphatic carbocycles. The van der Waals surface area contributed by atoms with Crippen molar-refractivity contribution in [2.24, 2.45) is 5.18 Å². The van der Waals surface area contributed by atoms with E-state index >= 15 is 0 Å². The van der Waals surface area contributed by atoms with Gasteiger partial charge in [0.2, 0.25) is 6.29 Å². The fourth-order valence-electron chi connectivity index (χ4n) is 1.87. The lowest BCUT2D eigenvalue weighted by molar-refractivity contribution is -0.271. The van der Waals surface area contributed by atoms with E-state index in [0.29, 0.717) is 0 Å². The molecule has 9 heteroatoms. The predicted octanol–water partition coefficient (Wildman–Crippen LogP) is -0.645. The molecule has 0 radical (unpaired) electrons. The molecule has 1 fully saturated rings. The number of rotatable bonds is 4. The van der Waals surface area contributed by atoms with E-state index in [9.17, 15) is 25.0 Å². The van der Waals surface area contributed by atoms with E-state index in [1.54, 1.807) is 0 Å². The molecular weight excluding hydrogens is 286 g/mol. The molecule has 1 aromatic rings. The average molecular weight is 299 g/mol. The molecule has 2 rings (SSSR count). The number of hydrogen-bond acceptors (Lipinski definition) is 8. The number of nitroso groups, excluding NO2 is 1. The molecule has 21 heavy (non-hydrogen) atoms. The Bertz CT molecular complexity index is 518. The van der Waals surface area contributed by atoms with E-state index in [-0.39, 0.29) is 11.4 Å². The summed E-state index contributed by atoms with van der Waals surface area (Å²) in [6.45, 7) is 0. The minimum atomic E-state index is -1.78. The predicted molar refractivity (Wildman–Crippen MR) is 66.8 cm³/mol. The number of aliphatic hydroxyl groups excluding tert-OH is 3. The molecule has 0 spiro atoms. The van der Waals surface area contributed by atoms with Gasteiger partial charge in [0.1, 0.15) is 29.7 Å². The Balaban J connectivity index is 2.13. The molecule has 0 bridgehead atoms. The molecular formula is C12H13NO8. The van der Waals surface area contributed by atoms with Crippen molar-refractivity contribution >= 4 is 11.7 Å². The van der Waals surface area contributed by atoms with Crippen LogP contribution in [0.5, 0.6) is 5.75 Å². The molecule has 1 heterocycles. The van der Waals surface area contributed by atoms with Crippen molar-refractivity contribution in [1.82, 2.24) is 0 Å². The van der Waals surface area contributed by atoms with Crippen LogP contribution in [0, 0.1) is 4.91 Å². The summed E-state index contributed by atoms with van der Waals surface area (Å²) >= 11 is 0. The maximum atomic E-state index is 10.9. The zero-order chi connectivity index (χ0) is 15.6. The smallest absolute Gasteiger partial charge is 0.335 e. The first-order valence-electron chi connectivity index (χ1n) is 5.96. The van der Waals surface area contributed by atoms with Crippen molar-refractivity contribution in [3.8, 4) is 5.75 Å². The number of aliphatic hydroxyl groups is 3. The van der Waals surface area contributed by atoms with Crippen LogP contribution in [0.3, 0.4) is 0 Å². The quantitative estimate of drug-likeness (QED) is 0.537. The van der Waals surface area contributed by atoms with Gasteiger partial charge in [-0.2, -0.15) is 0 Å². The van der Waals surface area contributed by atoms with Crippen molar-refractivity contribution in [3.05, 3.63) is 29.2 Å². The Hall–Kier alpha value is -2.07. The zero-order valence-corrected chi connectivity index (χ0v) is 10.6. The van der Waals surface area contributed by atoms with Gasteiger partial charge in [0.05, 0.1) is 0 Å². The van der Waals surface area contributed by atoms with E-state index in [0.717, 1.165) is 0 Å². The number of hydrogen-bond donors (Lipinski definition) is 4. The lowest BCUT2D eigenvalue weighted by Crippen LogP contribution is -2.61. The van der Waals surface area contributed by atoms with Gasteiger partial charge >= 0.3 is 5.97 Å². The summed E-state index contributed by atoms with van der Waals surface area (Å²) < 4.78 is 10.2. The van der Waals surface area contributed by atoms with Crippen LogP contribution < -0.4 is 4.74 Å². The normalized spacial score (nSPS) is 32.4.